The second kappa shape index (κ2) is 9.62. The Labute approximate surface area is 189 Å². The molecule has 3 rings (SSSR count). The minimum absolute atomic E-state index is 0.0340. The third kappa shape index (κ3) is 4.20. The van der Waals surface area contributed by atoms with Crippen molar-refractivity contribution in [2.45, 2.75) is 60.8 Å². The molecular weight excluding hydrogens is 398 g/mol. The normalized spacial score (nSPS) is 14.2. The molecule has 164 valence electrons. The SMILES string of the molecule is CCC1=C(C)C(=O)N/C1=C\c1[nH]c(C#CC#Cc2[nH]c(C=O)c(CC)c2C)c(C)c1CC. The molecule has 0 fully saturated rings. The van der Waals surface area contributed by atoms with Gasteiger partial charge in [-0.1, -0.05) is 20.8 Å². The topological polar surface area (TPSA) is 77.8 Å². The van der Waals surface area contributed by atoms with Crippen LogP contribution in [0.25, 0.3) is 6.08 Å². The van der Waals surface area contributed by atoms with Crippen LogP contribution in [0.2, 0.25) is 0 Å². The van der Waals surface area contributed by atoms with Gasteiger partial charge in [0.05, 0.1) is 17.1 Å². The van der Waals surface area contributed by atoms with Gasteiger partial charge in [-0.05, 0) is 97.6 Å². The Kier molecular flexibility index (Phi) is 6.91. The van der Waals surface area contributed by atoms with Gasteiger partial charge in [-0.3, -0.25) is 9.59 Å². The van der Waals surface area contributed by atoms with Crippen LogP contribution in [0.1, 0.15) is 83.9 Å². The molecule has 0 bridgehead atoms. The van der Waals surface area contributed by atoms with Crippen LogP contribution in [-0.4, -0.2) is 22.2 Å². The van der Waals surface area contributed by atoms with Crippen molar-refractivity contribution < 1.29 is 9.59 Å². The van der Waals surface area contributed by atoms with Crippen molar-refractivity contribution in [3.05, 3.63) is 61.9 Å². The molecule has 2 aromatic rings. The number of aromatic amines is 2. The van der Waals surface area contributed by atoms with Crippen LogP contribution in [0.15, 0.2) is 16.8 Å². The highest BCUT2D eigenvalue weighted by Gasteiger charge is 2.23. The third-order valence-corrected chi connectivity index (χ3v) is 6.10. The average molecular weight is 428 g/mol. The van der Waals surface area contributed by atoms with E-state index in [0.717, 1.165) is 76.2 Å². The van der Waals surface area contributed by atoms with Crippen molar-refractivity contribution in [2.24, 2.45) is 0 Å². The van der Waals surface area contributed by atoms with Crippen LogP contribution in [-0.2, 0) is 17.6 Å². The molecule has 3 heterocycles. The van der Waals surface area contributed by atoms with Crippen LogP contribution >= 0.6 is 0 Å². The van der Waals surface area contributed by atoms with Gasteiger partial charge in [0.25, 0.3) is 5.91 Å². The molecular formula is C27H29N3O2. The van der Waals surface area contributed by atoms with Crippen LogP contribution in [0.3, 0.4) is 0 Å². The second-order valence-corrected chi connectivity index (χ2v) is 7.83. The first kappa shape index (κ1) is 23.0. The summed E-state index contributed by atoms with van der Waals surface area (Å²) in [6.45, 7) is 12.0. The van der Waals surface area contributed by atoms with E-state index in [4.69, 9.17) is 0 Å². The number of carbonyl (C=O) groups excluding carboxylic acids is 2. The molecule has 0 unspecified atom stereocenters. The zero-order valence-corrected chi connectivity index (χ0v) is 19.6. The molecule has 0 saturated carbocycles. The first-order valence-corrected chi connectivity index (χ1v) is 11.0. The van der Waals surface area contributed by atoms with Gasteiger partial charge in [0, 0.05) is 17.0 Å². The van der Waals surface area contributed by atoms with E-state index in [2.05, 4.69) is 52.8 Å². The summed E-state index contributed by atoms with van der Waals surface area (Å²) >= 11 is 0. The summed E-state index contributed by atoms with van der Waals surface area (Å²) in [4.78, 5) is 29.8. The maximum atomic E-state index is 12.1. The van der Waals surface area contributed by atoms with Crippen molar-refractivity contribution in [2.75, 3.05) is 0 Å². The zero-order chi connectivity index (χ0) is 23.4. The molecule has 1 amide bonds. The van der Waals surface area contributed by atoms with Crippen molar-refractivity contribution in [3.63, 3.8) is 0 Å². The summed E-state index contributed by atoms with van der Waals surface area (Å²) in [5.74, 6) is 11.9. The van der Waals surface area contributed by atoms with E-state index in [9.17, 15) is 9.59 Å². The molecule has 2 aromatic heterocycles. The van der Waals surface area contributed by atoms with Crippen LogP contribution in [0.4, 0.5) is 0 Å². The number of H-pyrrole nitrogens is 2. The van der Waals surface area contributed by atoms with E-state index < -0.39 is 0 Å². The Morgan fingerprint density at radius 1 is 0.812 bits per heavy atom. The largest absolute Gasteiger partial charge is 0.348 e. The number of rotatable bonds is 5. The minimum Gasteiger partial charge on any atom is -0.348 e. The van der Waals surface area contributed by atoms with Crippen molar-refractivity contribution >= 4 is 18.3 Å². The quantitative estimate of drug-likeness (QED) is 0.485. The van der Waals surface area contributed by atoms with Gasteiger partial charge in [0.1, 0.15) is 0 Å². The zero-order valence-electron chi connectivity index (χ0n) is 19.6. The summed E-state index contributed by atoms with van der Waals surface area (Å²) in [5.41, 5.74) is 10.0. The number of hydrogen-bond donors (Lipinski definition) is 3. The second-order valence-electron chi connectivity index (χ2n) is 7.83. The van der Waals surface area contributed by atoms with E-state index in [0.29, 0.717) is 5.69 Å². The highest BCUT2D eigenvalue weighted by atomic mass is 16.2. The lowest BCUT2D eigenvalue weighted by Gasteiger charge is -2.04. The smallest absolute Gasteiger partial charge is 0.251 e. The van der Waals surface area contributed by atoms with Crippen molar-refractivity contribution in [1.29, 1.82) is 0 Å². The Morgan fingerprint density at radius 3 is 1.81 bits per heavy atom. The third-order valence-electron chi connectivity index (χ3n) is 6.10. The summed E-state index contributed by atoms with van der Waals surface area (Å²) in [6, 6.07) is 0. The molecule has 32 heavy (non-hydrogen) atoms. The molecule has 5 nitrogen and oxygen atoms in total. The number of nitrogens with one attached hydrogen (secondary N) is 3. The molecule has 0 radical (unpaired) electrons. The van der Waals surface area contributed by atoms with Gasteiger partial charge in [-0.2, -0.15) is 0 Å². The Balaban J connectivity index is 1.93. The van der Waals surface area contributed by atoms with Gasteiger partial charge in [-0.25, -0.2) is 0 Å². The average Bonchev–Trinajstić information content (AvgIpc) is 3.35. The maximum Gasteiger partial charge on any atom is 0.251 e. The summed E-state index contributed by atoms with van der Waals surface area (Å²) < 4.78 is 0. The lowest BCUT2D eigenvalue weighted by molar-refractivity contribution is -0.116. The predicted octanol–water partition coefficient (Wildman–Crippen LogP) is 4.50. The molecule has 1 aliphatic rings. The first-order valence-electron chi connectivity index (χ1n) is 11.0. The number of carbonyl (C=O) groups is 2. The van der Waals surface area contributed by atoms with Gasteiger partial charge in [0.15, 0.2) is 6.29 Å². The maximum absolute atomic E-state index is 12.1. The van der Waals surface area contributed by atoms with Gasteiger partial charge in [0.2, 0.25) is 0 Å². The summed E-state index contributed by atoms with van der Waals surface area (Å²) in [6.07, 6.45) is 5.26. The standard InChI is InChI=1S/C27H29N3O2/c1-7-19-16(4)22(28-24(19)14-25-21(9-3)18(6)27(32)30-25)12-10-11-13-23-17(5)20(8-2)26(15-31)29-23/h14-15,28-29H,7-9H2,1-6H3,(H,30,32)/b25-14-. The van der Waals surface area contributed by atoms with E-state index >= 15 is 0 Å². The Morgan fingerprint density at radius 2 is 1.34 bits per heavy atom. The molecule has 0 aromatic carbocycles. The van der Waals surface area contributed by atoms with Crippen molar-refractivity contribution in [3.8, 4) is 23.7 Å². The van der Waals surface area contributed by atoms with E-state index in [-0.39, 0.29) is 5.91 Å². The van der Waals surface area contributed by atoms with Gasteiger partial charge in [-0.15, -0.1) is 0 Å². The van der Waals surface area contributed by atoms with Crippen LogP contribution < -0.4 is 5.32 Å². The summed E-state index contributed by atoms with van der Waals surface area (Å²) in [7, 11) is 0. The molecule has 5 heteroatoms. The molecule has 0 aliphatic carbocycles. The fourth-order valence-corrected chi connectivity index (χ4v) is 4.24. The molecule has 0 spiro atoms. The monoisotopic (exact) mass is 427 g/mol. The first-order chi connectivity index (χ1) is 15.4. The molecule has 0 saturated heterocycles. The number of hydrogen-bond acceptors (Lipinski definition) is 2. The molecule has 3 N–H and O–H groups in total. The summed E-state index contributed by atoms with van der Waals surface area (Å²) in [5, 5.41) is 2.97. The Bertz CT molecular complexity index is 1270. The number of allylic oxidation sites excluding steroid dienone is 1. The fraction of sp³-hybridized carbons (Fsp3) is 0.333. The van der Waals surface area contributed by atoms with Crippen molar-refractivity contribution in [1.82, 2.24) is 15.3 Å². The van der Waals surface area contributed by atoms with E-state index in [1.165, 1.54) is 5.56 Å². The van der Waals surface area contributed by atoms with Gasteiger partial charge < -0.3 is 15.3 Å². The molecule has 1 aliphatic heterocycles. The fourth-order valence-electron chi connectivity index (χ4n) is 4.24. The lowest BCUT2D eigenvalue weighted by Crippen LogP contribution is -2.15. The van der Waals surface area contributed by atoms with E-state index in [1.54, 1.807) is 0 Å². The number of aldehydes is 1. The number of aromatic nitrogens is 2. The lowest BCUT2D eigenvalue weighted by atomic mass is 10.0. The van der Waals surface area contributed by atoms with Gasteiger partial charge >= 0.3 is 0 Å². The van der Waals surface area contributed by atoms with E-state index in [1.807, 2.05) is 33.8 Å². The highest BCUT2D eigenvalue weighted by Crippen LogP contribution is 2.27. The van der Waals surface area contributed by atoms with Crippen LogP contribution in [0, 0.1) is 37.5 Å². The highest BCUT2D eigenvalue weighted by molar-refractivity contribution is 6.00. The van der Waals surface area contributed by atoms with Crippen LogP contribution in [0.5, 0.6) is 0 Å². The number of amides is 1. The molecule has 0 atom stereocenters. The predicted molar refractivity (Wildman–Crippen MR) is 128 cm³/mol. The Hall–Kier alpha value is -3.70. The minimum atomic E-state index is -0.0340.